The topological polar surface area (TPSA) is 85.8 Å². The first-order valence-corrected chi connectivity index (χ1v) is 7.37. The first-order valence-electron chi connectivity index (χ1n) is 6.49. The van der Waals surface area contributed by atoms with E-state index in [0.717, 1.165) is 26.2 Å². The molecule has 1 saturated heterocycles. The van der Waals surface area contributed by atoms with Crippen molar-refractivity contribution in [1.82, 2.24) is 14.8 Å². The maximum Gasteiger partial charge on any atom is 0.304 e. The predicted octanol–water partition coefficient (Wildman–Crippen LogP) is 0.174. The maximum absolute atomic E-state index is 11.8. The van der Waals surface area contributed by atoms with Crippen LogP contribution in [0.25, 0.3) is 0 Å². The van der Waals surface area contributed by atoms with Gasteiger partial charge in [-0.3, -0.25) is 14.5 Å². The normalized spacial score (nSPS) is 17.0. The molecule has 20 heavy (non-hydrogen) atoms. The summed E-state index contributed by atoms with van der Waals surface area (Å²) in [7, 11) is 0. The van der Waals surface area contributed by atoms with Crippen molar-refractivity contribution in [2.24, 2.45) is 0 Å². The number of aliphatic carboxylic acids is 1. The van der Waals surface area contributed by atoms with Crippen molar-refractivity contribution in [3.05, 3.63) is 11.6 Å². The van der Waals surface area contributed by atoms with Crippen molar-refractivity contribution in [1.29, 1.82) is 0 Å². The lowest BCUT2D eigenvalue weighted by Crippen LogP contribution is -2.48. The highest BCUT2D eigenvalue weighted by Crippen LogP contribution is 2.10. The van der Waals surface area contributed by atoms with Gasteiger partial charge in [0.05, 0.1) is 13.0 Å². The Labute approximate surface area is 121 Å². The van der Waals surface area contributed by atoms with Crippen LogP contribution in [-0.4, -0.2) is 71.0 Å². The second-order valence-corrected chi connectivity index (χ2v) is 5.54. The van der Waals surface area contributed by atoms with Gasteiger partial charge in [-0.05, 0) is 0 Å². The van der Waals surface area contributed by atoms with Crippen LogP contribution in [0.3, 0.4) is 0 Å². The standard InChI is InChI=1S/C12H18N4O3S/c17-10(14-12-13-2-8-20-12)9-16-6-4-15(5-7-16)3-1-11(18)19/h2,8H,1,3-7,9H2,(H,18,19)(H,13,14,17). The van der Waals surface area contributed by atoms with E-state index in [9.17, 15) is 9.59 Å². The summed E-state index contributed by atoms with van der Waals surface area (Å²) >= 11 is 1.40. The minimum Gasteiger partial charge on any atom is -0.481 e. The zero-order valence-corrected chi connectivity index (χ0v) is 11.9. The number of piperazine rings is 1. The van der Waals surface area contributed by atoms with E-state index in [1.807, 2.05) is 5.38 Å². The van der Waals surface area contributed by atoms with E-state index < -0.39 is 5.97 Å². The lowest BCUT2D eigenvalue weighted by Gasteiger charge is -2.33. The lowest BCUT2D eigenvalue weighted by atomic mass is 10.3. The average molecular weight is 298 g/mol. The van der Waals surface area contributed by atoms with Crippen molar-refractivity contribution >= 4 is 28.3 Å². The third-order valence-corrected chi connectivity index (χ3v) is 3.84. The molecule has 0 saturated carbocycles. The first kappa shape index (κ1) is 14.9. The fraction of sp³-hybridized carbons (Fsp3) is 0.583. The van der Waals surface area contributed by atoms with Crippen molar-refractivity contribution in [3.8, 4) is 0 Å². The number of anilines is 1. The van der Waals surface area contributed by atoms with E-state index >= 15 is 0 Å². The van der Waals surface area contributed by atoms with Crippen LogP contribution in [0.1, 0.15) is 6.42 Å². The smallest absolute Gasteiger partial charge is 0.304 e. The molecule has 1 amide bonds. The van der Waals surface area contributed by atoms with Gasteiger partial charge in [-0.1, -0.05) is 0 Å². The fourth-order valence-corrected chi connectivity index (χ4v) is 2.62. The highest BCUT2D eigenvalue weighted by molar-refractivity contribution is 7.13. The molecule has 7 nitrogen and oxygen atoms in total. The Morgan fingerprint density at radius 3 is 2.60 bits per heavy atom. The van der Waals surface area contributed by atoms with E-state index in [0.29, 0.717) is 18.2 Å². The van der Waals surface area contributed by atoms with Gasteiger partial charge in [0.2, 0.25) is 5.91 Å². The van der Waals surface area contributed by atoms with Crippen LogP contribution in [0, 0.1) is 0 Å². The number of carbonyl (C=O) groups is 2. The predicted molar refractivity (Wildman–Crippen MR) is 75.9 cm³/mol. The summed E-state index contributed by atoms with van der Waals surface area (Å²) in [4.78, 5) is 30.5. The molecule has 0 spiro atoms. The Kier molecular flexibility index (Phi) is 5.45. The molecule has 0 unspecified atom stereocenters. The quantitative estimate of drug-likeness (QED) is 0.779. The van der Waals surface area contributed by atoms with Crippen LogP contribution in [0.2, 0.25) is 0 Å². The SMILES string of the molecule is O=C(O)CCN1CCN(CC(=O)Nc2nccs2)CC1. The van der Waals surface area contributed by atoms with Gasteiger partial charge in [0.1, 0.15) is 0 Å². The van der Waals surface area contributed by atoms with Gasteiger partial charge in [-0.25, -0.2) is 4.98 Å². The van der Waals surface area contributed by atoms with E-state index in [4.69, 9.17) is 5.11 Å². The van der Waals surface area contributed by atoms with Crippen LogP contribution in [0.5, 0.6) is 0 Å². The van der Waals surface area contributed by atoms with Crippen molar-refractivity contribution in [3.63, 3.8) is 0 Å². The summed E-state index contributed by atoms with van der Waals surface area (Å²) in [5, 5.41) is 13.8. The molecular weight excluding hydrogens is 280 g/mol. The van der Waals surface area contributed by atoms with E-state index in [-0.39, 0.29) is 12.3 Å². The number of aromatic nitrogens is 1. The van der Waals surface area contributed by atoms with Gasteiger partial charge >= 0.3 is 5.97 Å². The van der Waals surface area contributed by atoms with Crippen LogP contribution in [0.15, 0.2) is 11.6 Å². The van der Waals surface area contributed by atoms with Crippen LogP contribution < -0.4 is 5.32 Å². The van der Waals surface area contributed by atoms with Crippen LogP contribution >= 0.6 is 11.3 Å². The molecule has 1 fully saturated rings. The largest absolute Gasteiger partial charge is 0.481 e. The zero-order valence-electron chi connectivity index (χ0n) is 11.1. The zero-order chi connectivity index (χ0) is 14.4. The van der Waals surface area contributed by atoms with Crippen molar-refractivity contribution in [2.45, 2.75) is 6.42 Å². The van der Waals surface area contributed by atoms with Gasteiger partial charge in [0.25, 0.3) is 0 Å². The van der Waals surface area contributed by atoms with Gasteiger partial charge in [0.15, 0.2) is 5.13 Å². The monoisotopic (exact) mass is 298 g/mol. The van der Waals surface area contributed by atoms with Gasteiger partial charge in [-0.15, -0.1) is 11.3 Å². The Hall–Kier alpha value is -1.51. The third kappa shape index (κ3) is 4.87. The molecular formula is C12H18N4O3S. The van der Waals surface area contributed by atoms with E-state index in [1.165, 1.54) is 11.3 Å². The highest BCUT2D eigenvalue weighted by Gasteiger charge is 2.19. The van der Waals surface area contributed by atoms with Crippen LogP contribution in [-0.2, 0) is 9.59 Å². The van der Waals surface area contributed by atoms with Crippen molar-refractivity contribution in [2.75, 3.05) is 44.6 Å². The Balaban J connectivity index is 1.66. The average Bonchev–Trinajstić information content (AvgIpc) is 2.90. The number of carbonyl (C=O) groups excluding carboxylic acids is 1. The first-order chi connectivity index (χ1) is 9.63. The number of carboxylic acids is 1. The number of amides is 1. The van der Waals surface area contributed by atoms with Gasteiger partial charge in [0, 0.05) is 44.3 Å². The summed E-state index contributed by atoms with van der Waals surface area (Å²) in [5.41, 5.74) is 0. The second kappa shape index (κ2) is 7.32. The highest BCUT2D eigenvalue weighted by atomic mass is 32.1. The minimum atomic E-state index is -0.768. The fourth-order valence-electron chi connectivity index (χ4n) is 2.07. The number of nitrogens with zero attached hydrogens (tertiary/aromatic N) is 3. The van der Waals surface area contributed by atoms with Crippen LogP contribution in [0.4, 0.5) is 5.13 Å². The molecule has 110 valence electrons. The molecule has 2 N–H and O–H groups in total. The Bertz CT molecular complexity index is 444. The van der Waals surface area contributed by atoms with Crippen molar-refractivity contribution < 1.29 is 14.7 Å². The van der Waals surface area contributed by atoms with E-state index in [2.05, 4.69) is 20.1 Å². The number of thiazole rings is 1. The summed E-state index contributed by atoms with van der Waals surface area (Å²) in [6.07, 6.45) is 1.83. The molecule has 1 aliphatic heterocycles. The second-order valence-electron chi connectivity index (χ2n) is 4.65. The van der Waals surface area contributed by atoms with Gasteiger partial charge < -0.3 is 15.3 Å². The summed E-state index contributed by atoms with van der Waals surface area (Å²) in [6, 6.07) is 0. The van der Waals surface area contributed by atoms with Gasteiger partial charge in [-0.2, -0.15) is 0 Å². The summed E-state index contributed by atoms with van der Waals surface area (Å²) < 4.78 is 0. The number of carboxylic acid groups (broad SMARTS) is 1. The maximum atomic E-state index is 11.8. The molecule has 2 heterocycles. The molecule has 2 rings (SSSR count). The number of hydrogen-bond acceptors (Lipinski definition) is 6. The molecule has 1 aromatic rings. The number of nitrogens with one attached hydrogen (secondary N) is 1. The molecule has 1 aromatic heterocycles. The molecule has 0 atom stereocenters. The number of rotatable bonds is 6. The Morgan fingerprint density at radius 1 is 1.30 bits per heavy atom. The molecule has 0 aromatic carbocycles. The molecule has 0 radical (unpaired) electrons. The summed E-state index contributed by atoms with van der Waals surface area (Å²) in [6.45, 7) is 4.10. The lowest BCUT2D eigenvalue weighted by molar-refractivity contribution is -0.137. The third-order valence-electron chi connectivity index (χ3n) is 3.15. The molecule has 1 aliphatic rings. The number of hydrogen-bond donors (Lipinski definition) is 2. The molecule has 0 bridgehead atoms. The molecule has 0 aliphatic carbocycles. The summed E-state index contributed by atoms with van der Waals surface area (Å²) in [5.74, 6) is -0.825. The van der Waals surface area contributed by atoms with E-state index in [1.54, 1.807) is 6.20 Å². The Morgan fingerprint density at radius 2 is 2.00 bits per heavy atom. The minimum absolute atomic E-state index is 0.0565. The molecule has 8 heteroatoms.